The smallest absolute Gasteiger partial charge is 0.262 e. The predicted molar refractivity (Wildman–Crippen MR) is 101 cm³/mol. The van der Waals surface area contributed by atoms with Gasteiger partial charge in [0.25, 0.3) is 10.0 Å². The Morgan fingerprint density at radius 2 is 2.00 bits per heavy atom. The minimum absolute atomic E-state index is 0.0769. The molecule has 1 amide bonds. The van der Waals surface area contributed by atoms with Crippen molar-refractivity contribution in [3.8, 4) is 0 Å². The number of nitrogens with zero attached hydrogens (tertiary/aromatic N) is 1. The van der Waals surface area contributed by atoms with Crippen molar-refractivity contribution in [3.05, 3.63) is 53.6 Å². The molecule has 0 radical (unpaired) electrons. The number of carbonyl (C=O) groups is 1. The van der Waals surface area contributed by atoms with Crippen LogP contribution in [-0.2, 0) is 26.2 Å². The van der Waals surface area contributed by atoms with Gasteiger partial charge in [-0.3, -0.25) is 9.52 Å². The van der Waals surface area contributed by atoms with Crippen LogP contribution < -0.4 is 9.62 Å². The monoisotopic (exact) mass is 374 g/mol. The maximum atomic E-state index is 12.8. The normalized spacial score (nSPS) is 14.7. The van der Waals surface area contributed by atoms with Gasteiger partial charge < -0.3 is 9.64 Å². The average molecular weight is 374 g/mol. The fraction of sp³-hybridized carbons (Fsp3) is 0.316. The van der Waals surface area contributed by atoms with Crippen molar-refractivity contribution < 1.29 is 17.9 Å². The summed E-state index contributed by atoms with van der Waals surface area (Å²) in [4.78, 5) is 13.8. The zero-order chi connectivity index (χ0) is 18.7. The second kappa shape index (κ2) is 7.47. The van der Waals surface area contributed by atoms with E-state index in [2.05, 4.69) is 4.72 Å². The molecule has 7 heteroatoms. The summed E-state index contributed by atoms with van der Waals surface area (Å²) in [5, 5.41) is 0. The Morgan fingerprint density at radius 1 is 1.19 bits per heavy atom. The molecule has 2 aromatic rings. The minimum Gasteiger partial charge on any atom is -0.380 e. The number of hydrogen-bond donors (Lipinski definition) is 1. The standard InChI is InChI=1S/C19H22N2O4S/c1-14-11-17(21-10-4-7-19(21)22)8-9-18(14)26(23,24)20-16-6-3-5-15(12-16)13-25-2/h3,5-6,8-9,11-12,20H,4,7,10,13H2,1-2H3. The van der Waals surface area contributed by atoms with E-state index in [1.54, 1.807) is 55.3 Å². The van der Waals surface area contributed by atoms with E-state index in [0.29, 0.717) is 30.8 Å². The molecule has 138 valence electrons. The van der Waals surface area contributed by atoms with Crippen LogP contribution in [-0.4, -0.2) is 28.0 Å². The predicted octanol–water partition coefficient (Wildman–Crippen LogP) is 3.07. The van der Waals surface area contributed by atoms with Gasteiger partial charge in [-0.15, -0.1) is 0 Å². The van der Waals surface area contributed by atoms with Crippen molar-refractivity contribution in [3.63, 3.8) is 0 Å². The van der Waals surface area contributed by atoms with Gasteiger partial charge in [-0.25, -0.2) is 8.42 Å². The lowest BCUT2D eigenvalue weighted by atomic mass is 10.2. The van der Waals surface area contributed by atoms with Crippen LogP contribution in [0.25, 0.3) is 0 Å². The van der Waals surface area contributed by atoms with Crippen molar-refractivity contribution in [2.24, 2.45) is 0 Å². The largest absolute Gasteiger partial charge is 0.380 e. The Labute approximate surface area is 153 Å². The Bertz CT molecular complexity index is 925. The fourth-order valence-corrected chi connectivity index (χ4v) is 4.40. The van der Waals surface area contributed by atoms with Gasteiger partial charge in [0.15, 0.2) is 0 Å². The molecule has 0 unspecified atom stereocenters. The molecule has 1 saturated heterocycles. The average Bonchev–Trinajstić information content (AvgIpc) is 3.01. The number of amides is 1. The highest BCUT2D eigenvalue weighted by Crippen LogP contribution is 2.27. The van der Waals surface area contributed by atoms with Crippen LogP contribution in [0.1, 0.15) is 24.0 Å². The topological polar surface area (TPSA) is 75.7 Å². The third-order valence-corrected chi connectivity index (χ3v) is 5.86. The zero-order valence-corrected chi connectivity index (χ0v) is 15.7. The van der Waals surface area contributed by atoms with Gasteiger partial charge in [0, 0.05) is 31.5 Å². The summed E-state index contributed by atoms with van der Waals surface area (Å²) in [6.45, 7) is 2.82. The van der Waals surface area contributed by atoms with Crippen LogP contribution in [0, 0.1) is 6.92 Å². The summed E-state index contributed by atoms with van der Waals surface area (Å²) in [6.07, 6.45) is 1.37. The molecule has 0 aliphatic carbocycles. The molecule has 0 atom stereocenters. The molecule has 1 aliphatic heterocycles. The SMILES string of the molecule is COCc1cccc(NS(=O)(=O)c2ccc(N3CCCC3=O)cc2C)c1. The molecule has 26 heavy (non-hydrogen) atoms. The van der Waals surface area contributed by atoms with Crippen LogP contribution in [0.5, 0.6) is 0 Å². The van der Waals surface area contributed by atoms with E-state index in [-0.39, 0.29) is 10.8 Å². The summed E-state index contributed by atoms with van der Waals surface area (Å²) >= 11 is 0. The summed E-state index contributed by atoms with van der Waals surface area (Å²) < 4.78 is 33.2. The second-order valence-electron chi connectivity index (χ2n) is 6.34. The van der Waals surface area contributed by atoms with Crippen molar-refractivity contribution in [1.29, 1.82) is 0 Å². The van der Waals surface area contributed by atoms with Crippen molar-refractivity contribution in [1.82, 2.24) is 0 Å². The molecule has 1 aliphatic rings. The third-order valence-electron chi connectivity index (χ3n) is 4.32. The lowest BCUT2D eigenvalue weighted by Crippen LogP contribution is -2.24. The first-order valence-corrected chi connectivity index (χ1v) is 9.91. The summed E-state index contributed by atoms with van der Waals surface area (Å²) in [5.41, 5.74) is 2.71. The van der Waals surface area contributed by atoms with E-state index in [1.807, 2.05) is 6.07 Å². The number of aryl methyl sites for hydroxylation is 1. The Kier molecular flexibility index (Phi) is 5.29. The number of anilines is 2. The maximum Gasteiger partial charge on any atom is 0.262 e. The highest BCUT2D eigenvalue weighted by atomic mass is 32.2. The van der Waals surface area contributed by atoms with Gasteiger partial charge in [-0.1, -0.05) is 12.1 Å². The molecule has 6 nitrogen and oxygen atoms in total. The third kappa shape index (κ3) is 3.89. The van der Waals surface area contributed by atoms with Crippen LogP contribution >= 0.6 is 0 Å². The van der Waals surface area contributed by atoms with E-state index in [4.69, 9.17) is 4.74 Å². The molecular formula is C19H22N2O4S. The molecule has 1 heterocycles. The first kappa shape index (κ1) is 18.4. The number of nitrogens with one attached hydrogen (secondary N) is 1. The van der Waals surface area contributed by atoms with E-state index in [1.165, 1.54) is 0 Å². The van der Waals surface area contributed by atoms with Gasteiger partial charge >= 0.3 is 0 Å². The Morgan fingerprint density at radius 3 is 2.65 bits per heavy atom. The second-order valence-corrected chi connectivity index (χ2v) is 7.99. The number of hydrogen-bond acceptors (Lipinski definition) is 4. The van der Waals surface area contributed by atoms with Gasteiger partial charge in [0.1, 0.15) is 0 Å². The molecule has 1 N–H and O–H groups in total. The number of methoxy groups -OCH3 is 1. The molecule has 3 rings (SSSR count). The van der Waals surface area contributed by atoms with Gasteiger partial charge in [-0.2, -0.15) is 0 Å². The zero-order valence-electron chi connectivity index (χ0n) is 14.9. The fourth-order valence-electron chi connectivity index (χ4n) is 3.13. The number of sulfonamides is 1. The van der Waals surface area contributed by atoms with E-state index < -0.39 is 10.0 Å². The van der Waals surface area contributed by atoms with Crippen LogP contribution in [0.15, 0.2) is 47.4 Å². The number of carbonyl (C=O) groups excluding carboxylic acids is 1. The van der Waals surface area contributed by atoms with E-state index in [0.717, 1.165) is 17.7 Å². The molecule has 0 aromatic heterocycles. The summed E-state index contributed by atoms with van der Waals surface area (Å²) in [5.74, 6) is 0.0769. The van der Waals surface area contributed by atoms with Gasteiger partial charge in [0.05, 0.1) is 11.5 Å². The Hall–Kier alpha value is -2.38. The molecule has 0 saturated carbocycles. The van der Waals surface area contributed by atoms with Gasteiger partial charge in [-0.05, 0) is 54.8 Å². The first-order valence-electron chi connectivity index (χ1n) is 8.42. The molecule has 2 aromatic carbocycles. The summed E-state index contributed by atoms with van der Waals surface area (Å²) in [7, 11) is -2.13. The highest BCUT2D eigenvalue weighted by Gasteiger charge is 2.24. The van der Waals surface area contributed by atoms with Crippen LogP contribution in [0.3, 0.4) is 0 Å². The van der Waals surface area contributed by atoms with E-state index >= 15 is 0 Å². The maximum absolute atomic E-state index is 12.8. The minimum atomic E-state index is -3.72. The number of benzene rings is 2. The Balaban J connectivity index is 1.85. The van der Waals surface area contributed by atoms with Gasteiger partial charge in [0.2, 0.25) is 5.91 Å². The van der Waals surface area contributed by atoms with Crippen molar-refractivity contribution in [2.45, 2.75) is 31.3 Å². The molecule has 0 bridgehead atoms. The molecule has 0 spiro atoms. The van der Waals surface area contributed by atoms with Crippen LogP contribution in [0.2, 0.25) is 0 Å². The lowest BCUT2D eigenvalue weighted by molar-refractivity contribution is -0.117. The number of rotatable bonds is 6. The number of ether oxygens (including phenoxy) is 1. The van der Waals surface area contributed by atoms with E-state index in [9.17, 15) is 13.2 Å². The first-order chi connectivity index (χ1) is 12.4. The quantitative estimate of drug-likeness (QED) is 0.843. The van der Waals surface area contributed by atoms with Crippen molar-refractivity contribution in [2.75, 3.05) is 23.3 Å². The van der Waals surface area contributed by atoms with Crippen molar-refractivity contribution >= 4 is 27.3 Å². The lowest BCUT2D eigenvalue weighted by Gasteiger charge is -2.18. The molecule has 1 fully saturated rings. The highest BCUT2D eigenvalue weighted by molar-refractivity contribution is 7.92. The van der Waals surface area contributed by atoms with Crippen LogP contribution in [0.4, 0.5) is 11.4 Å². The summed E-state index contributed by atoms with van der Waals surface area (Å²) in [6, 6.07) is 12.1. The molecular weight excluding hydrogens is 352 g/mol.